The molecule has 0 bridgehead atoms. The van der Waals surface area contributed by atoms with Crippen LogP contribution in [0.2, 0.25) is 5.02 Å². The quantitative estimate of drug-likeness (QED) is 0.851. The molecule has 0 unspecified atom stereocenters. The molecule has 0 fully saturated rings. The van der Waals surface area contributed by atoms with Gasteiger partial charge in [0.25, 0.3) is 5.91 Å². The maximum Gasteiger partial charge on any atom is 0.341 e. The van der Waals surface area contributed by atoms with Crippen molar-refractivity contribution in [3.8, 4) is 0 Å². The van der Waals surface area contributed by atoms with Crippen LogP contribution in [0.25, 0.3) is 0 Å². The Kier molecular flexibility index (Phi) is 5.95. The molecule has 20 heavy (non-hydrogen) atoms. The van der Waals surface area contributed by atoms with E-state index in [0.717, 1.165) is 12.1 Å². The molecule has 0 aromatic heterocycles. The largest absolute Gasteiger partial charge is 0.449 e. The summed E-state index contributed by atoms with van der Waals surface area (Å²) in [6.07, 6.45) is -1.00. The number of hydrogen-bond acceptors (Lipinski definition) is 3. The van der Waals surface area contributed by atoms with Crippen LogP contribution in [0.3, 0.4) is 0 Å². The van der Waals surface area contributed by atoms with Gasteiger partial charge in [-0.1, -0.05) is 25.4 Å². The molecule has 6 heteroatoms. The van der Waals surface area contributed by atoms with Crippen LogP contribution in [-0.4, -0.2) is 24.5 Å². The first-order valence-corrected chi connectivity index (χ1v) is 6.62. The molecule has 1 aromatic rings. The Morgan fingerprint density at radius 3 is 2.60 bits per heavy atom. The van der Waals surface area contributed by atoms with Crippen LogP contribution >= 0.6 is 11.6 Å². The smallest absolute Gasteiger partial charge is 0.341 e. The zero-order chi connectivity index (χ0) is 15.3. The first-order chi connectivity index (χ1) is 9.31. The molecule has 0 aliphatic heterocycles. The summed E-state index contributed by atoms with van der Waals surface area (Å²) >= 11 is 5.69. The summed E-state index contributed by atoms with van der Waals surface area (Å²) in [5, 5.41) is 2.85. The average Bonchev–Trinajstić information content (AvgIpc) is 2.38. The lowest BCUT2D eigenvalue weighted by molar-refractivity contribution is -0.129. The summed E-state index contributed by atoms with van der Waals surface area (Å²) in [5.74, 6) is -1.80. The zero-order valence-electron chi connectivity index (χ0n) is 11.6. The molecule has 0 aliphatic carbocycles. The molecule has 4 nitrogen and oxygen atoms in total. The van der Waals surface area contributed by atoms with Crippen molar-refractivity contribution in [2.45, 2.75) is 26.9 Å². The van der Waals surface area contributed by atoms with Crippen molar-refractivity contribution < 1.29 is 18.7 Å². The Labute approximate surface area is 122 Å². The second-order valence-corrected chi connectivity index (χ2v) is 5.25. The summed E-state index contributed by atoms with van der Waals surface area (Å²) in [5.41, 5.74) is -0.291. The van der Waals surface area contributed by atoms with E-state index in [9.17, 15) is 14.0 Å². The van der Waals surface area contributed by atoms with Crippen molar-refractivity contribution in [2.75, 3.05) is 6.54 Å². The normalized spacial score (nSPS) is 12.1. The number of hydrogen-bond donors (Lipinski definition) is 1. The van der Waals surface area contributed by atoms with Crippen LogP contribution in [-0.2, 0) is 9.53 Å². The van der Waals surface area contributed by atoms with Crippen LogP contribution in [0.1, 0.15) is 31.1 Å². The van der Waals surface area contributed by atoms with Crippen molar-refractivity contribution in [1.29, 1.82) is 0 Å². The molecule has 110 valence electrons. The van der Waals surface area contributed by atoms with Crippen molar-refractivity contribution >= 4 is 23.5 Å². The lowest BCUT2D eigenvalue weighted by Crippen LogP contribution is -2.37. The van der Waals surface area contributed by atoms with E-state index in [1.165, 1.54) is 13.0 Å². The summed E-state index contributed by atoms with van der Waals surface area (Å²) < 4.78 is 18.4. The van der Waals surface area contributed by atoms with E-state index < -0.39 is 23.8 Å². The fraction of sp³-hybridized carbons (Fsp3) is 0.429. The molecule has 0 saturated carbocycles. The minimum Gasteiger partial charge on any atom is -0.449 e. The van der Waals surface area contributed by atoms with E-state index >= 15 is 0 Å². The Bertz CT molecular complexity index is 505. The van der Waals surface area contributed by atoms with Gasteiger partial charge in [0.2, 0.25) is 0 Å². The van der Waals surface area contributed by atoms with Gasteiger partial charge in [0, 0.05) is 11.6 Å². The molecule has 0 radical (unpaired) electrons. The molecule has 0 heterocycles. The fourth-order valence-corrected chi connectivity index (χ4v) is 1.55. The van der Waals surface area contributed by atoms with E-state index in [1.54, 1.807) is 0 Å². The Morgan fingerprint density at radius 2 is 2.00 bits per heavy atom. The number of esters is 1. The van der Waals surface area contributed by atoms with Crippen LogP contribution in [0, 0.1) is 11.7 Å². The first-order valence-electron chi connectivity index (χ1n) is 6.25. The predicted octanol–water partition coefficient (Wildman–Crippen LogP) is 2.80. The van der Waals surface area contributed by atoms with E-state index in [-0.39, 0.29) is 16.5 Å². The third-order valence-corrected chi connectivity index (χ3v) is 2.72. The number of nitrogens with one attached hydrogen (secondary N) is 1. The molecule has 1 aromatic carbocycles. The molecule has 1 amide bonds. The number of halogens is 2. The van der Waals surface area contributed by atoms with Crippen LogP contribution in [0.15, 0.2) is 18.2 Å². The Hall–Kier alpha value is -1.62. The van der Waals surface area contributed by atoms with Gasteiger partial charge in [0.1, 0.15) is 5.82 Å². The molecule has 0 spiro atoms. The molecular weight excluding hydrogens is 285 g/mol. The number of rotatable bonds is 5. The number of ether oxygens (including phenoxy) is 1. The molecule has 1 atom stereocenters. The van der Waals surface area contributed by atoms with Gasteiger partial charge in [0.15, 0.2) is 6.10 Å². The summed E-state index contributed by atoms with van der Waals surface area (Å²) in [7, 11) is 0. The van der Waals surface area contributed by atoms with Gasteiger partial charge in [0.05, 0.1) is 5.56 Å². The molecule has 1 rings (SSSR count). The van der Waals surface area contributed by atoms with Gasteiger partial charge < -0.3 is 10.1 Å². The maximum absolute atomic E-state index is 13.5. The van der Waals surface area contributed by atoms with Crippen molar-refractivity contribution in [1.82, 2.24) is 5.32 Å². The van der Waals surface area contributed by atoms with E-state index in [0.29, 0.717) is 6.54 Å². The summed E-state index contributed by atoms with van der Waals surface area (Å²) in [6.45, 7) is 5.79. The van der Waals surface area contributed by atoms with E-state index in [1.807, 2.05) is 13.8 Å². The van der Waals surface area contributed by atoms with Crippen LogP contribution in [0.5, 0.6) is 0 Å². The maximum atomic E-state index is 13.5. The molecule has 0 aliphatic rings. The molecular formula is C14H17ClFNO3. The Morgan fingerprint density at radius 1 is 1.35 bits per heavy atom. The summed E-state index contributed by atoms with van der Waals surface area (Å²) in [6, 6.07) is 3.56. The van der Waals surface area contributed by atoms with Crippen molar-refractivity contribution in [3.63, 3.8) is 0 Å². The third kappa shape index (κ3) is 4.81. The average molecular weight is 302 g/mol. The number of carbonyl (C=O) groups excluding carboxylic acids is 2. The highest BCUT2D eigenvalue weighted by Gasteiger charge is 2.21. The van der Waals surface area contributed by atoms with Gasteiger partial charge in [-0.15, -0.1) is 0 Å². The highest BCUT2D eigenvalue weighted by Crippen LogP contribution is 2.16. The standard InChI is InChI=1S/C14H17ClFNO3/c1-8(2)7-17-13(18)9(3)20-14(19)11-6-10(15)4-5-12(11)16/h4-6,8-9H,7H2,1-3H3,(H,17,18)/t9-/m0/s1. The number of carbonyl (C=O) groups is 2. The van der Waals surface area contributed by atoms with Crippen molar-refractivity contribution in [3.05, 3.63) is 34.6 Å². The number of amides is 1. The van der Waals surface area contributed by atoms with Crippen LogP contribution in [0.4, 0.5) is 4.39 Å². The van der Waals surface area contributed by atoms with E-state index in [4.69, 9.17) is 16.3 Å². The number of benzene rings is 1. The fourth-order valence-electron chi connectivity index (χ4n) is 1.38. The monoisotopic (exact) mass is 301 g/mol. The topological polar surface area (TPSA) is 55.4 Å². The van der Waals surface area contributed by atoms with Gasteiger partial charge >= 0.3 is 5.97 Å². The van der Waals surface area contributed by atoms with Crippen LogP contribution < -0.4 is 5.32 Å². The van der Waals surface area contributed by atoms with E-state index in [2.05, 4.69) is 5.32 Å². The third-order valence-electron chi connectivity index (χ3n) is 2.49. The van der Waals surface area contributed by atoms with Gasteiger partial charge in [-0.3, -0.25) is 4.79 Å². The molecule has 0 saturated heterocycles. The van der Waals surface area contributed by atoms with Gasteiger partial charge in [-0.2, -0.15) is 0 Å². The second-order valence-electron chi connectivity index (χ2n) is 4.81. The first kappa shape index (κ1) is 16.4. The lowest BCUT2D eigenvalue weighted by Gasteiger charge is -2.14. The zero-order valence-corrected chi connectivity index (χ0v) is 12.3. The highest BCUT2D eigenvalue weighted by molar-refractivity contribution is 6.30. The second kappa shape index (κ2) is 7.24. The summed E-state index contributed by atoms with van der Waals surface area (Å²) in [4.78, 5) is 23.4. The van der Waals surface area contributed by atoms with Gasteiger partial charge in [-0.25, -0.2) is 9.18 Å². The van der Waals surface area contributed by atoms with Gasteiger partial charge in [-0.05, 0) is 31.0 Å². The lowest BCUT2D eigenvalue weighted by atomic mass is 10.2. The minimum atomic E-state index is -1.00. The molecule has 1 N–H and O–H groups in total. The minimum absolute atomic E-state index is 0.218. The van der Waals surface area contributed by atoms with Crippen molar-refractivity contribution in [2.24, 2.45) is 5.92 Å². The SMILES string of the molecule is CC(C)CNC(=O)[C@H](C)OC(=O)c1cc(Cl)ccc1F. The highest BCUT2D eigenvalue weighted by atomic mass is 35.5. The Balaban J connectivity index is 2.65. The predicted molar refractivity (Wildman–Crippen MR) is 74.1 cm³/mol.